The van der Waals surface area contributed by atoms with Crippen LogP contribution in [0.4, 0.5) is 4.39 Å². The normalized spacial score (nSPS) is 19.3. The monoisotopic (exact) mass is 360 g/mol. The molecule has 130 valence electrons. The second kappa shape index (κ2) is 6.52. The summed E-state index contributed by atoms with van der Waals surface area (Å²) in [5, 5.41) is 0.301. The van der Waals surface area contributed by atoms with Gasteiger partial charge in [-0.1, -0.05) is 29.8 Å². The van der Waals surface area contributed by atoms with E-state index in [0.717, 1.165) is 5.56 Å². The van der Waals surface area contributed by atoms with Gasteiger partial charge in [0.2, 0.25) is 0 Å². The van der Waals surface area contributed by atoms with E-state index in [9.17, 15) is 4.39 Å². The van der Waals surface area contributed by atoms with Crippen LogP contribution in [-0.4, -0.2) is 28.3 Å². The van der Waals surface area contributed by atoms with Gasteiger partial charge in [-0.15, -0.1) is 0 Å². The average Bonchev–Trinajstić information content (AvgIpc) is 2.76. The van der Waals surface area contributed by atoms with Gasteiger partial charge in [0.05, 0.1) is 11.2 Å². The summed E-state index contributed by atoms with van der Waals surface area (Å²) in [4.78, 5) is 8.24. The zero-order chi connectivity index (χ0) is 18.2. The molecule has 2 heterocycles. The van der Waals surface area contributed by atoms with Crippen LogP contribution >= 0.6 is 11.6 Å². The van der Waals surface area contributed by atoms with E-state index in [2.05, 4.69) is 9.97 Å². The molecule has 4 nitrogen and oxygen atoms in total. The maximum Gasteiger partial charge on any atom is 0.525 e. The number of rotatable bonds is 3. The van der Waals surface area contributed by atoms with Crippen molar-refractivity contribution in [2.24, 2.45) is 0 Å². The van der Waals surface area contributed by atoms with Gasteiger partial charge < -0.3 is 9.31 Å². The Balaban J connectivity index is 1.87. The molecule has 1 aromatic heterocycles. The van der Waals surface area contributed by atoms with Crippen LogP contribution in [0.25, 0.3) is 17.3 Å². The third-order valence-corrected chi connectivity index (χ3v) is 4.87. The molecule has 0 atom stereocenters. The maximum absolute atomic E-state index is 14.7. The molecule has 0 amide bonds. The molecule has 0 bridgehead atoms. The predicted octanol–water partition coefficient (Wildman–Crippen LogP) is 4.74. The van der Waals surface area contributed by atoms with E-state index in [1.165, 1.54) is 12.3 Å². The third-order valence-electron chi connectivity index (χ3n) is 4.60. The van der Waals surface area contributed by atoms with E-state index < -0.39 is 24.0 Å². The van der Waals surface area contributed by atoms with E-state index in [0.29, 0.717) is 16.4 Å². The summed E-state index contributed by atoms with van der Waals surface area (Å²) in [7, 11) is -1.02. The predicted molar refractivity (Wildman–Crippen MR) is 97.6 cm³/mol. The second-order valence-corrected chi connectivity index (χ2v) is 7.30. The third kappa shape index (κ3) is 3.61. The van der Waals surface area contributed by atoms with Crippen molar-refractivity contribution in [3.05, 3.63) is 53.1 Å². The van der Waals surface area contributed by atoms with Crippen molar-refractivity contribution in [2.75, 3.05) is 0 Å². The summed E-state index contributed by atoms with van der Waals surface area (Å²) in [5.41, 5.74) is 0.312. The summed E-state index contributed by atoms with van der Waals surface area (Å²) in [6.07, 6.45) is 4.48. The fraction of sp³-hybridized carbons (Fsp3) is 0.333. The molecular formula is C18H19BClFN2O2. The van der Waals surface area contributed by atoms with Gasteiger partial charge in [0.15, 0.2) is 5.15 Å². The van der Waals surface area contributed by atoms with Gasteiger partial charge in [-0.05, 0) is 45.4 Å². The highest BCUT2D eigenvalue weighted by Gasteiger charge is 2.53. The quantitative estimate of drug-likeness (QED) is 0.742. The first-order valence-electron chi connectivity index (χ1n) is 7.99. The number of aromatic nitrogens is 2. The molecule has 1 saturated heterocycles. The Labute approximate surface area is 152 Å². The minimum Gasteiger partial charge on any atom is -0.398 e. The first-order valence-corrected chi connectivity index (χ1v) is 8.37. The lowest BCUT2D eigenvalue weighted by atomic mass is 9.86. The van der Waals surface area contributed by atoms with Crippen molar-refractivity contribution < 1.29 is 13.7 Å². The lowest BCUT2D eigenvalue weighted by Crippen LogP contribution is -2.41. The Kier molecular flexibility index (Phi) is 4.71. The Morgan fingerprint density at radius 1 is 1.12 bits per heavy atom. The Bertz CT molecular complexity index is 810. The summed E-state index contributed by atoms with van der Waals surface area (Å²) in [6.45, 7) is 7.54. The van der Waals surface area contributed by atoms with E-state index in [1.807, 2.05) is 39.8 Å². The van der Waals surface area contributed by atoms with Gasteiger partial charge in [0, 0.05) is 18.0 Å². The van der Waals surface area contributed by atoms with Crippen LogP contribution in [-0.2, 0) is 9.31 Å². The van der Waals surface area contributed by atoms with Gasteiger partial charge in [-0.3, -0.25) is 4.98 Å². The van der Waals surface area contributed by atoms with E-state index in [4.69, 9.17) is 20.9 Å². The molecule has 3 rings (SSSR count). The zero-order valence-corrected chi connectivity index (χ0v) is 15.3. The maximum atomic E-state index is 14.7. The minimum atomic E-state index is -1.02. The molecule has 0 unspecified atom stereocenters. The molecule has 0 saturated carbocycles. The van der Waals surface area contributed by atoms with Crippen molar-refractivity contribution in [3.8, 4) is 11.3 Å². The molecule has 1 aromatic carbocycles. The van der Waals surface area contributed by atoms with Gasteiger partial charge in [-0.25, -0.2) is 9.37 Å². The molecule has 2 aromatic rings. The van der Waals surface area contributed by atoms with Crippen molar-refractivity contribution in [2.45, 2.75) is 38.9 Å². The molecule has 0 radical (unpaired) electrons. The Morgan fingerprint density at radius 3 is 2.40 bits per heavy atom. The topological polar surface area (TPSA) is 44.2 Å². The summed E-state index contributed by atoms with van der Waals surface area (Å²) >= 11 is 6.08. The fourth-order valence-corrected chi connectivity index (χ4v) is 2.69. The smallest absolute Gasteiger partial charge is 0.398 e. The van der Waals surface area contributed by atoms with E-state index in [-0.39, 0.29) is 0 Å². The first-order chi connectivity index (χ1) is 11.7. The number of nitrogens with zero attached hydrogens (tertiary/aromatic N) is 2. The average molecular weight is 361 g/mol. The molecule has 1 aliphatic rings. The highest BCUT2D eigenvalue weighted by Crippen LogP contribution is 2.39. The molecule has 1 fully saturated rings. The SMILES string of the molecule is CC1(C)OB(C(F)=Cc2cccc(-c3nccnc3Cl)c2)OC1(C)C. The van der Waals surface area contributed by atoms with Gasteiger partial charge in [0.1, 0.15) is 11.4 Å². The van der Waals surface area contributed by atoms with Crippen molar-refractivity contribution in [1.82, 2.24) is 9.97 Å². The standard InChI is InChI=1S/C18H19BClFN2O2/c1-17(2)18(3,4)25-19(24-17)14(21)11-12-6-5-7-13(10-12)15-16(20)23-9-8-22-15/h5-11H,1-4H3. The number of benzene rings is 1. The van der Waals surface area contributed by atoms with Crippen LogP contribution in [0, 0.1) is 0 Å². The fourth-order valence-electron chi connectivity index (χ4n) is 2.47. The van der Waals surface area contributed by atoms with E-state index >= 15 is 0 Å². The van der Waals surface area contributed by atoms with Crippen LogP contribution in [0.15, 0.2) is 42.4 Å². The number of hydrogen-bond donors (Lipinski definition) is 0. The highest BCUT2D eigenvalue weighted by atomic mass is 35.5. The van der Waals surface area contributed by atoms with Gasteiger partial charge >= 0.3 is 7.12 Å². The summed E-state index contributed by atoms with van der Waals surface area (Å²) in [6, 6.07) is 7.24. The van der Waals surface area contributed by atoms with Crippen LogP contribution < -0.4 is 0 Å². The number of halogens is 2. The molecule has 0 aliphatic carbocycles. The largest absolute Gasteiger partial charge is 0.525 e. The summed E-state index contributed by atoms with van der Waals surface area (Å²) < 4.78 is 26.1. The molecular weight excluding hydrogens is 341 g/mol. The molecule has 1 aliphatic heterocycles. The first kappa shape index (κ1) is 18.0. The second-order valence-electron chi connectivity index (χ2n) is 6.94. The van der Waals surface area contributed by atoms with Gasteiger partial charge in [0.25, 0.3) is 0 Å². The number of hydrogen-bond acceptors (Lipinski definition) is 4. The minimum absolute atomic E-state index is 0.301. The molecule has 25 heavy (non-hydrogen) atoms. The van der Waals surface area contributed by atoms with Crippen molar-refractivity contribution in [3.63, 3.8) is 0 Å². The van der Waals surface area contributed by atoms with E-state index in [1.54, 1.807) is 18.3 Å². The van der Waals surface area contributed by atoms with Crippen LogP contribution in [0.3, 0.4) is 0 Å². The molecule has 0 N–H and O–H groups in total. The lowest BCUT2D eigenvalue weighted by Gasteiger charge is -2.32. The highest BCUT2D eigenvalue weighted by molar-refractivity contribution is 6.54. The van der Waals surface area contributed by atoms with Crippen molar-refractivity contribution in [1.29, 1.82) is 0 Å². The molecule has 7 heteroatoms. The Hall–Kier alpha value is -1.76. The molecule has 0 spiro atoms. The van der Waals surface area contributed by atoms with Gasteiger partial charge in [-0.2, -0.15) is 0 Å². The van der Waals surface area contributed by atoms with Crippen LogP contribution in [0.2, 0.25) is 5.15 Å². The van der Waals surface area contributed by atoms with Crippen molar-refractivity contribution >= 4 is 24.8 Å². The van der Waals surface area contributed by atoms with Crippen LogP contribution in [0.5, 0.6) is 0 Å². The zero-order valence-electron chi connectivity index (χ0n) is 14.6. The Morgan fingerprint density at radius 2 is 1.76 bits per heavy atom. The lowest BCUT2D eigenvalue weighted by molar-refractivity contribution is 0.00578. The summed E-state index contributed by atoms with van der Waals surface area (Å²) in [5.74, 6) is 0. The van der Waals surface area contributed by atoms with Crippen LogP contribution in [0.1, 0.15) is 33.3 Å².